The fourth-order valence-corrected chi connectivity index (χ4v) is 1.36. The van der Waals surface area contributed by atoms with Gasteiger partial charge in [0.1, 0.15) is 6.33 Å². The third-order valence-corrected chi connectivity index (χ3v) is 2.08. The molecule has 2 N–H and O–H groups in total. The molecular formula is C10H6N2O4. The van der Waals surface area contributed by atoms with E-state index in [1.807, 2.05) is 0 Å². The average Bonchev–Trinajstić information content (AvgIpc) is 2.27. The highest BCUT2D eigenvalue weighted by Gasteiger charge is 2.12. The first-order valence-corrected chi connectivity index (χ1v) is 4.31. The number of carboxylic acid groups (broad SMARTS) is 2. The number of carboxylic acids is 2. The molecule has 0 radical (unpaired) electrons. The van der Waals surface area contributed by atoms with Crippen LogP contribution in [0.1, 0.15) is 20.8 Å². The molecule has 0 fully saturated rings. The summed E-state index contributed by atoms with van der Waals surface area (Å²) in [4.78, 5) is 29.1. The van der Waals surface area contributed by atoms with Gasteiger partial charge in [-0.1, -0.05) is 0 Å². The number of hydrogen-bond acceptors (Lipinski definition) is 4. The molecule has 0 unspecified atom stereocenters. The molecule has 0 aliphatic rings. The van der Waals surface area contributed by atoms with Gasteiger partial charge in [0.15, 0.2) is 5.69 Å². The molecule has 6 heteroatoms. The zero-order chi connectivity index (χ0) is 11.7. The van der Waals surface area contributed by atoms with Gasteiger partial charge < -0.3 is 10.2 Å². The van der Waals surface area contributed by atoms with Crippen molar-refractivity contribution in [3.8, 4) is 0 Å². The third-order valence-electron chi connectivity index (χ3n) is 2.08. The van der Waals surface area contributed by atoms with Crippen molar-refractivity contribution in [1.29, 1.82) is 0 Å². The van der Waals surface area contributed by atoms with E-state index in [1.54, 1.807) is 0 Å². The Morgan fingerprint density at radius 2 is 1.81 bits per heavy atom. The predicted octanol–water partition coefficient (Wildman–Crippen LogP) is 1.03. The quantitative estimate of drug-likeness (QED) is 0.780. The zero-order valence-corrected chi connectivity index (χ0v) is 7.91. The number of hydrogen-bond donors (Lipinski definition) is 2. The smallest absolute Gasteiger partial charge is 0.355 e. The molecule has 6 nitrogen and oxygen atoms in total. The summed E-state index contributed by atoms with van der Waals surface area (Å²) < 4.78 is 0. The van der Waals surface area contributed by atoms with Gasteiger partial charge in [-0.05, 0) is 18.2 Å². The van der Waals surface area contributed by atoms with Crippen LogP contribution in [0.25, 0.3) is 10.9 Å². The maximum atomic E-state index is 10.9. The first-order chi connectivity index (χ1) is 7.59. The summed E-state index contributed by atoms with van der Waals surface area (Å²) in [5, 5.41) is 17.9. The molecule has 0 saturated carbocycles. The minimum Gasteiger partial charge on any atom is -0.478 e. The number of benzene rings is 1. The van der Waals surface area contributed by atoms with Crippen LogP contribution in [0.2, 0.25) is 0 Å². The van der Waals surface area contributed by atoms with Crippen molar-refractivity contribution in [2.75, 3.05) is 0 Å². The highest BCUT2D eigenvalue weighted by atomic mass is 16.4. The van der Waals surface area contributed by atoms with Gasteiger partial charge in [0, 0.05) is 5.39 Å². The maximum absolute atomic E-state index is 10.9. The molecule has 1 aromatic heterocycles. The molecule has 16 heavy (non-hydrogen) atoms. The molecule has 0 atom stereocenters. The van der Waals surface area contributed by atoms with E-state index in [-0.39, 0.29) is 16.6 Å². The molecule has 0 amide bonds. The van der Waals surface area contributed by atoms with E-state index in [1.165, 1.54) is 18.2 Å². The summed E-state index contributed by atoms with van der Waals surface area (Å²) in [7, 11) is 0. The Labute approximate surface area is 89.2 Å². The van der Waals surface area contributed by atoms with E-state index in [9.17, 15) is 9.59 Å². The molecule has 1 heterocycles. The van der Waals surface area contributed by atoms with Crippen LogP contribution in [0.4, 0.5) is 0 Å². The van der Waals surface area contributed by atoms with Gasteiger partial charge >= 0.3 is 11.9 Å². The summed E-state index contributed by atoms with van der Waals surface area (Å²) in [5.74, 6) is -2.34. The van der Waals surface area contributed by atoms with Gasteiger partial charge in [0.05, 0.1) is 11.1 Å². The van der Waals surface area contributed by atoms with Crippen molar-refractivity contribution in [2.45, 2.75) is 0 Å². The Bertz CT molecular complexity index is 594. The van der Waals surface area contributed by atoms with Crippen molar-refractivity contribution in [3.05, 3.63) is 35.8 Å². The Kier molecular flexibility index (Phi) is 2.24. The minimum atomic E-state index is -1.21. The monoisotopic (exact) mass is 218 g/mol. The Balaban J connectivity index is 2.78. The number of aromatic nitrogens is 2. The second-order valence-electron chi connectivity index (χ2n) is 3.06. The molecule has 80 valence electrons. The second kappa shape index (κ2) is 3.58. The summed E-state index contributed by atoms with van der Waals surface area (Å²) in [6.07, 6.45) is 1.13. The molecule has 2 aromatic rings. The fourth-order valence-electron chi connectivity index (χ4n) is 1.36. The van der Waals surface area contributed by atoms with Gasteiger partial charge in [0.25, 0.3) is 0 Å². The molecule has 0 aliphatic carbocycles. The number of rotatable bonds is 2. The van der Waals surface area contributed by atoms with E-state index in [4.69, 9.17) is 10.2 Å². The van der Waals surface area contributed by atoms with Crippen molar-refractivity contribution < 1.29 is 19.8 Å². The summed E-state index contributed by atoms with van der Waals surface area (Å²) in [6.45, 7) is 0. The van der Waals surface area contributed by atoms with Crippen LogP contribution in [0, 0.1) is 0 Å². The largest absolute Gasteiger partial charge is 0.478 e. The van der Waals surface area contributed by atoms with Gasteiger partial charge in [-0.2, -0.15) is 0 Å². The van der Waals surface area contributed by atoms with Crippen molar-refractivity contribution in [1.82, 2.24) is 9.97 Å². The molecule has 0 bridgehead atoms. The lowest BCUT2D eigenvalue weighted by Crippen LogP contribution is -2.03. The number of nitrogens with zero attached hydrogens (tertiary/aromatic N) is 2. The lowest BCUT2D eigenvalue weighted by molar-refractivity contribution is 0.0682. The molecule has 0 spiro atoms. The van der Waals surface area contributed by atoms with E-state index in [2.05, 4.69) is 9.97 Å². The van der Waals surface area contributed by atoms with Gasteiger partial charge in [-0.15, -0.1) is 0 Å². The molecule has 0 aliphatic heterocycles. The number of carbonyl (C=O) groups is 2. The van der Waals surface area contributed by atoms with E-state index in [0.717, 1.165) is 6.33 Å². The highest BCUT2D eigenvalue weighted by molar-refractivity contribution is 6.02. The third kappa shape index (κ3) is 1.56. The molecule has 0 saturated heterocycles. The second-order valence-corrected chi connectivity index (χ2v) is 3.06. The first-order valence-electron chi connectivity index (χ1n) is 4.31. The molecule has 2 rings (SSSR count). The summed E-state index contributed by atoms with van der Waals surface area (Å²) in [6, 6.07) is 4.07. The Morgan fingerprint density at radius 3 is 2.44 bits per heavy atom. The van der Waals surface area contributed by atoms with Crippen LogP contribution >= 0.6 is 0 Å². The molecular weight excluding hydrogens is 212 g/mol. The summed E-state index contributed by atoms with van der Waals surface area (Å²) >= 11 is 0. The normalized spacial score (nSPS) is 10.2. The van der Waals surface area contributed by atoms with Crippen molar-refractivity contribution >= 4 is 22.8 Å². The van der Waals surface area contributed by atoms with Gasteiger partial charge in [-0.25, -0.2) is 19.6 Å². The average molecular weight is 218 g/mol. The van der Waals surface area contributed by atoms with Gasteiger partial charge in [0.2, 0.25) is 0 Å². The predicted molar refractivity (Wildman–Crippen MR) is 53.5 cm³/mol. The van der Waals surface area contributed by atoms with Crippen LogP contribution < -0.4 is 0 Å². The lowest BCUT2D eigenvalue weighted by atomic mass is 10.1. The Hall–Kier alpha value is -2.50. The van der Waals surface area contributed by atoms with Crippen LogP contribution in [0.15, 0.2) is 24.5 Å². The van der Waals surface area contributed by atoms with E-state index in [0.29, 0.717) is 5.52 Å². The van der Waals surface area contributed by atoms with E-state index < -0.39 is 11.9 Å². The fraction of sp³-hybridized carbons (Fsp3) is 0. The lowest BCUT2D eigenvalue weighted by Gasteiger charge is -2.01. The number of fused-ring (bicyclic) bond motifs is 1. The van der Waals surface area contributed by atoms with Crippen LogP contribution in [-0.4, -0.2) is 32.1 Å². The van der Waals surface area contributed by atoms with Gasteiger partial charge in [-0.3, -0.25) is 0 Å². The molecule has 1 aromatic carbocycles. The van der Waals surface area contributed by atoms with Crippen molar-refractivity contribution in [3.63, 3.8) is 0 Å². The maximum Gasteiger partial charge on any atom is 0.355 e. The van der Waals surface area contributed by atoms with Crippen LogP contribution in [-0.2, 0) is 0 Å². The van der Waals surface area contributed by atoms with Crippen LogP contribution in [0.5, 0.6) is 0 Å². The van der Waals surface area contributed by atoms with Crippen molar-refractivity contribution in [2.24, 2.45) is 0 Å². The minimum absolute atomic E-state index is 0.00444. The Morgan fingerprint density at radius 1 is 1.06 bits per heavy atom. The SMILES string of the molecule is O=C(O)c1ccc2ncnc(C(=O)O)c2c1. The zero-order valence-electron chi connectivity index (χ0n) is 7.91. The standard InChI is InChI=1S/C10H6N2O4/c13-9(14)5-1-2-7-6(3-5)8(10(15)16)12-4-11-7/h1-4H,(H,13,14)(H,15,16). The number of aromatic carboxylic acids is 2. The van der Waals surface area contributed by atoms with Crippen LogP contribution in [0.3, 0.4) is 0 Å². The first kappa shape index (κ1) is 10.0. The summed E-state index contributed by atoms with van der Waals surface area (Å²) in [5.41, 5.74) is 0.204. The topological polar surface area (TPSA) is 100 Å². The van der Waals surface area contributed by atoms with E-state index >= 15 is 0 Å². The highest BCUT2D eigenvalue weighted by Crippen LogP contribution is 2.16.